The van der Waals surface area contributed by atoms with Gasteiger partial charge in [-0.2, -0.15) is 0 Å². The number of ether oxygens (including phenoxy) is 1. The van der Waals surface area contributed by atoms with Crippen LogP contribution in [0.4, 0.5) is 0 Å². The fourth-order valence-electron chi connectivity index (χ4n) is 2.97. The molecule has 4 heteroatoms. The molecule has 1 amide bonds. The van der Waals surface area contributed by atoms with Crippen LogP contribution in [0.5, 0.6) is 5.75 Å². The smallest absolute Gasteiger partial charge is 0.222 e. The molecule has 2 atom stereocenters. The summed E-state index contributed by atoms with van der Waals surface area (Å²) in [6.45, 7) is 4.54. The Morgan fingerprint density at radius 2 is 1.96 bits per heavy atom. The van der Waals surface area contributed by atoms with Crippen LogP contribution in [0.3, 0.4) is 0 Å². The molecule has 1 heterocycles. The topological polar surface area (TPSA) is 38.3 Å². The maximum Gasteiger partial charge on any atom is 0.222 e. The summed E-state index contributed by atoms with van der Waals surface area (Å²) >= 11 is 1.75. The lowest BCUT2D eigenvalue weighted by atomic mass is 10.0. The number of hydrogen-bond donors (Lipinski definition) is 1. The second-order valence-electron chi connectivity index (χ2n) is 6.55. The van der Waals surface area contributed by atoms with Crippen LogP contribution in [-0.2, 0) is 11.2 Å². The van der Waals surface area contributed by atoms with Gasteiger partial charge in [0.15, 0.2) is 0 Å². The first-order valence-corrected chi connectivity index (χ1v) is 10.0. The van der Waals surface area contributed by atoms with Gasteiger partial charge < -0.3 is 10.1 Å². The monoisotopic (exact) mass is 355 g/mol. The van der Waals surface area contributed by atoms with E-state index in [1.165, 1.54) is 21.6 Å². The van der Waals surface area contributed by atoms with Crippen molar-refractivity contribution < 1.29 is 9.53 Å². The van der Waals surface area contributed by atoms with Gasteiger partial charge >= 0.3 is 0 Å². The van der Waals surface area contributed by atoms with Crippen molar-refractivity contribution in [3.8, 4) is 16.9 Å². The zero-order valence-electron chi connectivity index (χ0n) is 15.0. The molecule has 1 aliphatic heterocycles. The summed E-state index contributed by atoms with van der Waals surface area (Å²) in [6, 6.07) is 15.0. The lowest BCUT2D eigenvalue weighted by Crippen LogP contribution is -2.37. The van der Waals surface area contributed by atoms with E-state index in [9.17, 15) is 4.79 Å². The molecule has 0 radical (unpaired) electrons. The molecule has 0 unspecified atom stereocenters. The van der Waals surface area contributed by atoms with Gasteiger partial charge in [-0.05, 0) is 53.6 Å². The number of fused-ring (bicyclic) bond motifs is 1. The van der Waals surface area contributed by atoms with Crippen LogP contribution < -0.4 is 10.1 Å². The Morgan fingerprint density at radius 1 is 1.24 bits per heavy atom. The van der Waals surface area contributed by atoms with E-state index in [0.717, 1.165) is 18.6 Å². The van der Waals surface area contributed by atoms with Gasteiger partial charge in [0, 0.05) is 17.2 Å². The van der Waals surface area contributed by atoms with E-state index in [0.29, 0.717) is 6.54 Å². The van der Waals surface area contributed by atoms with Crippen molar-refractivity contribution in [3.05, 3.63) is 48.0 Å². The molecule has 0 fully saturated rings. The molecular formula is C21H25NO2S. The van der Waals surface area contributed by atoms with Gasteiger partial charge in [-0.25, -0.2) is 0 Å². The lowest BCUT2D eigenvalue weighted by molar-refractivity contribution is -0.124. The average Bonchev–Trinajstić information content (AvgIpc) is 3.07. The highest BCUT2D eigenvalue weighted by Gasteiger charge is 2.24. The summed E-state index contributed by atoms with van der Waals surface area (Å²) in [5.74, 6) is 1.10. The van der Waals surface area contributed by atoms with E-state index in [1.807, 2.05) is 19.9 Å². The number of amides is 1. The first-order chi connectivity index (χ1) is 12.1. The Hall–Kier alpha value is -1.94. The number of benzene rings is 2. The molecule has 0 spiro atoms. The SMILES string of the molecule is CC[C@H](C)C(=O)NC[C@@H]1Cc2cc(-c3ccc(SC)cc3)ccc2O1. The third-order valence-electron chi connectivity index (χ3n) is 4.79. The minimum Gasteiger partial charge on any atom is -0.488 e. The molecule has 0 saturated carbocycles. The fourth-order valence-corrected chi connectivity index (χ4v) is 3.38. The summed E-state index contributed by atoms with van der Waals surface area (Å²) < 4.78 is 5.98. The molecule has 132 valence electrons. The Balaban J connectivity index is 1.65. The lowest BCUT2D eigenvalue weighted by Gasteiger charge is -2.14. The van der Waals surface area contributed by atoms with Crippen LogP contribution in [0.25, 0.3) is 11.1 Å². The highest BCUT2D eigenvalue weighted by Crippen LogP contribution is 2.33. The molecule has 0 bridgehead atoms. The van der Waals surface area contributed by atoms with Crippen LogP contribution in [0.1, 0.15) is 25.8 Å². The zero-order valence-corrected chi connectivity index (χ0v) is 15.9. The van der Waals surface area contributed by atoms with E-state index in [1.54, 1.807) is 11.8 Å². The van der Waals surface area contributed by atoms with Crippen molar-refractivity contribution in [2.24, 2.45) is 5.92 Å². The van der Waals surface area contributed by atoms with E-state index in [-0.39, 0.29) is 17.9 Å². The van der Waals surface area contributed by atoms with Gasteiger partial charge in [0.05, 0.1) is 6.54 Å². The van der Waals surface area contributed by atoms with E-state index < -0.39 is 0 Å². The summed E-state index contributed by atoms with van der Waals surface area (Å²) in [7, 11) is 0. The highest BCUT2D eigenvalue weighted by molar-refractivity contribution is 7.98. The van der Waals surface area contributed by atoms with E-state index >= 15 is 0 Å². The fraction of sp³-hybridized carbons (Fsp3) is 0.381. The Labute approximate surface area is 154 Å². The molecule has 25 heavy (non-hydrogen) atoms. The minimum absolute atomic E-state index is 0.0251. The molecule has 2 aromatic rings. The Kier molecular flexibility index (Phi) is 5.69. The maximum absolute atomic E-state index is 11.9. The van der Waals surface area contributed by atoms with Crippen LogP contribution >= 0.6 is 11.8 Å². The Morgan fingerprint density at radius 3 is 2.64 bits per heavy atom. The number of rotatable bonds is 6. The molecule has 3 rings (SSSR count). The average molecular weight is 356 g/mol. The summed E-state index contributed by atoms with van der Waals surface area (Å²) in [5.41, 5.74) is 3.64. The molecule has 0 aliphatic carbocycles. The van der Waals surface area contributed by atoms with Crippen LogP contribution in [0.2, 0.25) is 0 Å². The van der Waals surface area contributed by atoms with Gasteiger partial charge in [0.1, 0.15) is 11.9 Å². The van der Waals surface area contributed by atoms with Gasteiger partial charge in [0.2, 0.25) is 5.91 Å². The maximum atomic E-state index is 11.9. The van der Waals surface area contributed by atoms with E-state index in [4.69, 9.17) is 4.74 Å². The van der Waals surface area contributed by atoms with Crippen molar-refractivity contribution >= 4 is 17.7 Å². The second-order valence-corrected chi connectivity index (χ2v) is 7.43. The molecule has 1 aliphatic rings. The van der Waals surface area contributed by atoms with Crippen LogP contribution in [0, 0.1) is 5.92 Å². The number of hydrogen-bond acceptors (Lipinski definition) is 3. The summed E-state index contributed by atoms with van der Waals surface area (Å²) in [5, 5.41) is 3.00. The highest BCUT2D eigenvalue weighted by atomic mass is 32.2. The number of carbonyl (C=O) groups is 1. The minimum atomic E-state index is 0.0251. The predicted molar refractivity (Wildman–Crippen MR) is 104 cm³/mol. The number of carbonyl (C=O) groups excluding carboxylic acids is 1. The van der Waals surface area contributed by atoms with Crippen molar-refractivity contribution in [2.45, 2.75) is 37.7 Å². The van der Waals surface area contributed by atoms with Crippen molar-refractivity contribution in [2.75, 3.05) is 12.8 Å². The molecule has 3 nitrogen and oxygen atoms in total. The standard InChI is InChI=1S/C21H25NO2S/c1-4-14(2)21(23)22-13-18-12-17-11-16(7-10-20(17)24-18)15-5-8-19(25-3)9-6-15/h5-11,14,18H,4,12-13H2,1-3H3,(H,22,23)/t14-,18-/m0/s1. The number of thioether (sulfide) groups is 1. The van der Waals surface area contributed by atoms with Crippen molar-refractivity contribution in [3.63, 3.8) is 0 Å². The third kappa shape index (κ3) is 4.18. The second kappa shape index (κ2) is 7.96. The van der Waals surface area contributed by atoms with Crippen molar-refractivity contribution in [1.29, 1.82) is 0 Å². The molecule has 0 saturated heterocycles. The molecule has 2 aromatic carbocycles. The third-order valence-corrected chi connectivity index (χ3v) is 5.53. The Bertz CT molecular complexity index is 742. The van der Waals surface area contributed by atoms with Gasteiger partial charge in [-0.1, -0.05) is 32.0 Å². The quantitative estimate of drug-likeness (QED) is 0.773. The first-order valence-electron chi connectivity index (χ1n) is 8.82. The summed E-state index contributed by atoms with van der Waals surface area (Å²) in [6.07, 6.45) is 3.81. The first kappa shape index (κ1) is 17.9. The zero-order chi connectivity index (χ0) is 17.8. The normalized spacial score (nSPS) is 16.8. The molecule has 1 N–H and O–H groups in total. The van der Waals surface area contributed by atoms with Crippen LogP contribution in [-0.4, -0.2) is 24.8 Å². The molecule has 0 aromatic heterocycles. The largest absolute Gasteiger partial charge is 0.488 e. The van der Waals surface area contributed by atoms with Gasteiger partial charge in [-0.15, -0.1) is 11.8 Å². The number of nitrogens with one attached hydrogen (secondary N) is 1. The van der Waals surface area contributed by atoms with Crippen molar-refractivity contribution in [1.82, 2.24) is 5.32 Å². The van der Waals surface area contributed by atoms with Gasteiger partial charge in [-0.3, -0.25) is 4.79 Å². The summed E-state index contributed by atoms with van der Waals surface area (Å²) in [4.78, 5) is 13.2. The van der Waals surface area contributed by atoms with E-state index in [2.05, 4.69) is 48.0 Å². The van der Waals surface area contributed by atoms with Crippen LogP contribution in [0.15, 0.2) is 47.4 Å². The van der Waals surface area contributed by atoms with Gasteiger partial charge in [0.25, 0.3) is 0 Å². The molecular weight excluding hydrogens is 330 g/mol. The predicted octanol–water partition coefficient (Wildman–Crippen LogP) is 4.54.